The Hall–Kier alpha value is -2.41. The summed E-state index contributed by atoms with van der Waals surface area (Å²) in [5, 5.41) is 8.16. The van der Waals surface area contributed by atoms with E-state index in [-0.39, 0.29) is 5.97 Å². The molecule has 0 unspecified atom stereocenters. The van der Waals surface area contributed by atoms with Gasteiger partial charge in [0.15, 0.2) is 0 Å². The minimum absolute atomic E-state index is 0.241. The van der Waals surface area contributed by atoms with E-state index < -0.39 is 18.5 Å². The number of nitrogens with two attached hydrogens (primary N) is 1. The van der Waals surface area contributed by atoms with Crippen molar-refractivity contribution in [3.63, 3.8) is 0 Å². The summed E-state index contributed by atoms with van der Waals surface area (Å²) in [5.41, 5.74) is 5.31. The highest BCUT2D eigenvalue weighted by Gasteiger charge is 2.15. The molecule has 0 fully saturated rings. The lowest BCUT2D eigenvalue weighted by atomic mass is 10.2. The second-order valence-corrected chi connectivity index (χ2v) is 3.37. The average molecular weight is 252 g/mol. The fraction of sp³-hybridized carbons (Fsp3) is 0.182. The molecule has 0 spiro atoms. The second kappa shape index (κ2) is 5.78. The van der Waals surface area contributed by atoms with E-state index in [0.717, 1.165) is 0 Å². The number of carbonyl (C=O) groups is 3. The Balaban J connectivity index is 0.000000180. The Kier molecular flexibility index (Phi) is 4.39. The molecule has 96 valence electrons. The molecule has 1 heterocycles. The third-order valence-corrected chi connectivity index (χ3v) is 2.12. The van der Waals surface area contributed by atoms with Crippen molar-refractivity contribution in [3.05, 3.63) is 29.8 Å². The molecule has 3 N–H and O–H groups in total. The highest BCUT2D eigenvalue weighted by Crippen LogP contribution is 2.20. The number of benzene rings is 1. The first-order valence-electron chi connectivity index (χ1n) is 4.94. The molecule has 7 heteroatoms. The lowest BCUT2D eigenvalue weighted by Crippen LogP contribution is -2.38. The van der Waals surface area contributed by atoms with Gasteiger partial charge in [-0.05, 0) is 18.2 Å². The quantitative estimate of drug-likeness (QED) is 0.669. The monoisotopic (exact) mass is 252 g/mol. The maximum atomic E-state index is 10.7. The molecule has 0 saturated carbocycles. The van der Waals surface area contributed by atoms with Gasteiger partial charge in [0.1, 0.15) is 12.4 Å². The second-order valence-electron chi connectivity index (χ2n) is 3.37. The first-order valence-corrected chi connectivity index (χ1v) is 4.94. The van der Waals surface area contributed by atoms with Crippen molar-refractivity contribution < 1.29 is 24.2 Å². The van der Waals surface area contributed by atoms with Gasteiger partial charge in [-0.1, -0.05) is 6.07 Å². The van der Waals surface area contributed by atoms with Gasteiger partial charge in [0.2, 0.25) is 0 Å². The van der Waals surface area contributed by atoms with E-state index in [4.69, 9.17) is 9.84 Å². The number of urea groups is 1. The predicted molar refractivity (Wildman–Crippen MR) is 60.8 cm³/mol. The summed E-state index contributed by atoms with van der Waals surface area (Å²) in [6, 6.07) is 6.15. The summed E-state index contributed by atoms with van der Waals surface area (Å²) >= 11 is 0. The van der Waals surface area contributed by atoms with Crippen molar-refractivity contribution in [3.8, 4) is 5.75 Å². The Labute approximate surface area is 103 Å². The summed E-state index contributed by atoms with van der Waals surface area (Å²) in [6.07, 6.45) is 0. The largest absolute Gasteiger partial charge is 0.423 e. The van der Waals surface area contributed by atoms with Crippen LogP contribution in [0, 0.1) is 0 Å². The molecule has 1 aliphatic rings. The number of ether oxygens (including phenoxy) is 1. The molecule has 3 amide bonds. The molecule has 18 heavy (non-hydrogen) atoms. The van der Waals surface area contributed by atoms with Gasteiger partial charge in [0.25, 0.3) is 5.91 Å². The van der Waals surface area contributed by atoms with Crippen LogP contribution in [0.1, 0.15) is 10.4 Å². The zero-order chi connectivity index (χ0) is 13.7. The normalized spacial score (nSPS) is 11.1. The molecular formula is C11H12N2O5. The number of hydrogen-bond donors (Lipinski definition) is 2. The summed E-state index contributed by atoms with van der Waals surface area (Å²) < 4.78 is 4.75. The number of carbonyl (C=O) groups excluding carboxylic acids is 3. The number of aliphatic hydroxyl groups excluding tert-OH is 1. The Morgan fingerprint density at radius 3 is 2.50 bits per heavy atom. The molecule has 0 aromatic heterocycles. The topological polar surface area (TPSA) is 110 Å². The third-order valence-electron chi connectivity index (χ3n) is 2.12. The van der Waals surface area contributed by atoms with Gasteiger partial charge in [0, 0.05) is 7.05 Å². The molecule has 1 aromatic rings. The van der Waals surface area contributed by atoms with Crippen LogP contribution in [0.5, 0.6) is 5.75 Å². The average Bonchev–Trinajstić information content (AvgIpc) is 2.61. The Bertz CT molecular complexity index is 486. The summed E-state index contributed by atoms with van der Waals surface area (Å²) in [5.74, 6) is -0.296. The number of imide groups is 1. The summed E-state index contributed by atoms with van der Waals surface area (Å²) in [6.45, 7) is -0.695. The predicted octanol–water partition coefficient (Wildman–Crippen LogP) is -0.265. The van der Waals surface area contributed by atoms with E-state index in [1.54, 1.807) is 24.3 Å². The third kappa shape index (κ3) is 3.29. The van der Waals surface area contributed by atoms with Crippen molar-refractivity contribution in [2.24, 2.45) is 5.73 Å². The molecule has 1 aromatic carbocycles. The van der Waals surface area contributed by atoms with Crippen LogP contribution in [0.4, 0.5) is 4.79 Å². The van der Waals surface area contributed by atoms with Crippen LogP contribution in [-0.2, 0) is 4.79 Å². The van der Waals surface area contributed by atoms with Crippen LogP contribution in [0.3, 0.4) is 0 Å². The standard InChI is InChI=1S/C7H4O2.C4H8N2O3/c8-7-5-2-1-3-6(4-5)9-7;1-6(4(5)9)3(8)2-7/h1-4H;7H,2H2,1H3,(H2,5,9). The zero-order valence-electron chi connectivity index (χ0n) is 9.62. The van der Waals surface area contributed by atoms with Crippen LogP contribution < -0.4 is 10.5 Å². The molecule has 1 aliphatic heterocycles. The van der Waals surface area contributed by atoms with Crippen LogP contribution in [0.15, 0.2) is 24.3 Å². The number of nitrogens with zero attached hydrogens (tertiary/aromatic N) is 1. The Morgan fingerprint density at radius 1 is 1.44 bits per heavy atom. The molecule has 2 bridgehead atoms. The SMILES string of the molecule is CN(C(N)=O)C(=O)CO.O=C1Oc2cccc1c2. The van der Waals surface area contributed by atoms with E-state index >= 15 is 0 Å². The number of primary amides is 1. The van der Waals surface area contributed by atoms with Crippen LogP contribution in [0.25, 0.3) is 0 Å². The van der Waals surface area contributed by atoms with Crippen molar-refractivity contribution >= 4 is 17.9 Å². The first-order chi connectivity index (χ1) is 8.45. The highest BCUT2D eigenvalue weighted by atomic mass is 16.5. The van der Waals surface area contributed by atoms with E-state index in [0.29, 0.717) is 16.2 Å². The van der Waals surface area contributed by atoms with Crippen LogP contribution >= 0.6 is 0 Å². The van der Waals surface area contributed by atoms with E-state index in [2.05, 4.69) is 5.73 Å². The highest BCUT2D eigenvalue weighted by molar-refractivity contribution is 5.94. The van der Waals surface area contributed by atoms with Crippen molar-refractivity contribution in [2.45, 2.75) is 0 Å². The lowest BCUT2D eigenvalue weighted by molar-refractivity contribution is -0.129. The maximum Gasteiger partial charge on any atom is 0.343 e. The minimum Gasteiger partial charge on any atom is -0.423 e. The van der Waals surface area contributed by atoms with Gasteiger partial charge in [0.05, 0.1) is 5.56 Å². The molecule has 0 atom stereocenters. The first kappa shape index (κ1) is 13.7. The fourth-order valence-corrected chi connectivity index (χ4v) is 1.08. The molecule has 0 radical (unpaired) electrons. The smallest absolute Gasteiger partial charge is 0.343 e. The van der Waals surface area contributed by atoms with Gasteiger partial charge >= 0.3 is 12.0 Å². The number of esters is 1. The van der Waals surface area contributed by atoms with Crippen molar-refractivity contribution in [1.29, 1.82) is 0 Å². The Morgan fingerprint density at radius 2 is 2.11 bits per heavy atom. The van der Waals surface area contributed by atoms with E-state index in [1.807, 2.05) is 0 Å². The number of fused-ring (bicyclic) bond motifs is 2. The summed E-state index contributed by atoms with van der Waals surface area (Å²) in [7, 11) is 1.20. The number of likely N-dealkylation sites (N-methyl/N-ethyl adjacent to an activating group) is 1. The van der Waals surface area contributed by atoms with Crippen molar-refractivity contribution in [2.75, 3.05) is 13.7 Å². The number of aliphatic hydroxyl groups is 1. The van der Waals surface area contributed by atoms with Crippen molar-refractivity contribution in [1.82, 2.24) is 4.90 Å². The van der Waals surface area contributed by atoms with Gasteiger partial charge in [-0.3, -0.25) is 9.69 Å². The number of rotatable bonds is 1. The van der Waals surface area contributed by atoms with Crippen LogP contribution in [-0.4, -0.2) is 41.6 Å². The van der Waals surface area contributed by atoms with E-state index in [1.165, 1.54) is 7.05 Å². The van der Waals surface area contributed by atoms with Gasteiger partial charge in [-0.25, -0.2) is 9.59 Å². The molecular weight excluding hydrogens is 240 g/mol. The van der Waals surface area contributed by atoms with Crippen LogP contribution in [0.2, 0.25) is 0 Å². The zero-order valence-corrected chi connectivity index (χ0v) is 9.62. The minimum atomic E-state index is -0.867. The fourth-order valence-electron chi connectivity index (χ4n) is 1.08. The van der Waals surface area contributed by atoms with E-state index in [9.17, 15) is 14.4 Å². The molecule has 0 saturated heterocycles. The maximum absolute atomic E-state index is 10.7. The molecule has 2 rings (SSSR count). The summed E-state index contributed by atoms with van der Waals surface area (Å²) in [4.78, 5) is 31.8. The number of hydrogen-bond acceptors (Lipinski definition) is 5. The molecule has 7 nitrogen and oxygen atoms in total. The van der Waals surface area contributed by atoms with Gasteiger partial charge < -0.3 is 15.6 Å². The van der Waals surface area contributed by atoms with Gasteiger partial charge in [-0.15, -0.1) is 0 Å². The number of amides is 3. The van der Waals surface area contributed by atoms with Gasteiger partial charge in [-0.2, -0.15) is 0 Å². The lowest BCUT2D eigenvalue weighted by Gasteiger charge is -2.08. The molecule has 0 aliphatic carbocycles.